The molecule has 6 rings (SSSR count). The van der Waals surface area contributed by atoms with E-state index in [9.17, 15) is 14.7 Å². The Kier molecular flexibility index (Phi) is 4.84. The third-order valence-corrected chi connectivity index (χ3v) is 7.51. The van der Waals surface area contributed by atoms with Crippen molar-refractivity contribution < 1.29 is 28.7 Å². The number of halogens is 1. The Balaban J connectivity index is 1.36. The van der Waals surface area contributed by atoms with E-state index in [1.54, 1.807) is 7.11 Å². The average Bonchev–Trinajstić information content (AvgIpc) is 3.43. The van der Waals surface area contributed by atoms with Crippen LogP contribution in [0.4, 0.5) is 4.39 Å². The van der Waals surface area contributed by atoms with Crippen molar-refractivity contribution in [2.24, 2.45) is 17.0 Å². The van der Waals surface area contributed by atoms with Crippen molar-refractivity contribution in [2.45, 2.75) is 12.5 Å². The molecule has 0 aromatic heterocycles. The van der Waals surface area contributed by atoms with Crippen LogP contribution in [-0.4, -0.2) is 72.3 Å². The van der Waals surface area contributed by atoms with Crippen LogP contribution in [0.15, 0.2) is 75.5 Å². The van der Waals surface area contributed by atoms with E-state index in [-0.39, 0.29) is 17.6 Å². The Morgan fingerprint density at radius 2 is 2.03 bits per heavy atom. The summed E-state index contributed by atoms with van der Waals surface area (Å²) >= 11 is 0. The molecule has 0 amide bonds. The number of oxime groups is 1. The zero-order valence-electron chi connectivity index (χ0n) is 19.3. The lowest BCUT2D eigenvalue weighted by atomic mass is 9.74. The number of methoxy groups -OCH3 is 1. The molecule has 9 heteroatoms. The maximum atomic E-state index is 15.7. The molecule has 5 aliphatic rings. The van der Waals surface area contributed by atoms with E-state index in [0.29, 0.717) is 43.0 Å². The van der Waals surface area contributed by atoms with Crippen LogP contribution in [0.25, 0.3) is 0 Å². The van der Waals surface area contributed by atoms with E-state index in [1.165, 1.54) is 12.2 Å². The van der Waals surface area contributed by atoms with Crippen molar-refractivity contribution in [3.05, 3.63) is 75.9 Å². The second kappa shape index (κ2) is 7.83. The van der Waals surface area contributed by atoms with Crippen LogP contribution in [0.2, 0.25) is 0 Å². The number of carboxylic acid groups (broad SMARTS) is 1. The van der Waals surface area contributed by atoms with Crippen molar-refractivity contribution in [3.8, 4) is 5.75 Å². The van der Waals surface area contributed by atoms with Crippen LogP contribution in [0.5, 0.6) is 5.75 Å². The van der Waals surface area contributed by atoms with Crippen molar-refractivity contribution in [1.82, 2.24) is 9.80 Å². The van der Waals surface area contributed by atoms with Gasteiger partial charge >= 0.3 is 5.97 Å². The zero-order valence-corrected chi connectivity index (χ0v) is 19.3. The summed E-state index contributed by atoms with van der Waals surface area (Å²) in [6.45, 7) is 1.61. The van der Waals surface area contributed by atoms with Gasteiger partial charge in [0.1, 0.15) is 17.1 Å². The maximum absolute atomic E-state index is 15.7. The highest BCUT2D eigenvalue weighted by molar-refractivity contribution is 6.20. The molecule has 0 spiro atoms. The number of hydrogen-bond acceptors (Lipinski definition) is 7. The van der Waals surface area contributed by atoms with Gasteiger partial charge in [-0.1, -0.05) is 5.16 Å². The van der Waals surface area contributed by atoms with Crippen LogP contribution in [0.3, 0.4) is 0 Å². The zero-order chi connectivity index (χ0) is 24.4. The van der Waals surface area contributed by atoms with Crippen LogP contribution < -0.4 is 4.74 Å². The van der Waals surface area contributed by atoms with E-state index >= 15 is 4.39 Å². The third kappa shape index (κ3) is 3.21. The minimum atomic E-state index is -1.29. The summed E-state index contributed by atoms with van der Waals surface area (Å²) < 4.78 is 20.9. The minimum absolute atomic E-state index is 0.0202. The number of carbonyl (C=O) groups excluding carboxylic acids is 1. The number of ketones is 1. The van der Waals surface area contributed by atoms with E-state index in [1.807, 2.05) is 41.1 Å². The summed E-state index contributed by atoms with van der Waals surface area (Å²) in [6, 6.07) is 7.62. The highest BCUT2D eigenvalue weighted by Crippen LogP contribution is 2.47. The molecular weight excluding hydrogens is 453 g/mol. The molecule has 1 aromatic rings. The fraction of sp³-hybridized carbons (Fsp3) is 0.346. The molecule has 3 heterocycles. The third-order valence-electron chi connectivity index (χ3n) is 7.51. The lowest BCUT2D eigenvalue weighted by Crippen LogP contribution is -2.39. The van der Waals surface area contributed by atoms with Crippen molar-refractivity contribution >= 4 is 17.5 Å². The van der Waals surface area contributed by atoms with Gasteiger partial charge in [0.15, 0.2) is 11.9 Å². The predicted octanol–water partition coefficient (Wildman–Crippen LogP) is 2.65. The van der Waals surface area contributed by atoms with Crippen molar-refractivity contribution in [1.29, 1.82) is 0 Å². The Morgan fingerprint density at radius 3 is 2.74 bits per heavy atom. The SMILES string of the molecule is COc1ccc(C2=NOC3CN(C4=C5CCN(C)C6=C5C(C=C4F)C(=O)C(C(=O)O)=C6)CC23)cc1. The molecule has 3 aliphatic heterocycles. The van der Waals surface area contributed by atoms with Gasteiger partial charge in [0.2, 0.25) is 0 Å². The monoisotopic (exact) mass is 477 g/mol. The molecule has 1 fully saturated rings. The molecule has 1 aromatic carbocycles. The van der Waals surface area contributed by atoms with E-state index in [2.05, 4.69) is 5.16 Å². The van der Waals surface area contributed by atoms with E-state index in [4.69, 9.17) is 9.57 Å². The molecule has 2 aliphatic carbocycles. The number of nitrogens with zero attached hydrogens (tertiary/aromatic N) is 3. The average molecular weight is 477 g/mol. The van der Waals surface area contributed by atoms with Crippen LogP contribution in [0.1, 0.15) is 12.0 Å². The minimum Gasteiger partial charge on any atom is -0.497 e. The highest BCUT2D eigenvalue weighted by Gasteiger charge is 2.47. The van der Waals surface area contributed by atoms with Crippen molar-refractivity contribution in [3.63, 3.8) is 0 Å². The molecule has 1 saturated heterocycles. The largest absolute Gasteiger partial charge is 0.497 e. The summed E-state index contributed by atoms with van der Waals surface area (Å²) in [6.07, 6.45) is 3.08. The number of ether oxygens (including phenoxy) is 1. The molecule has 0 radical (unpaired) electrons. The Hall–Kier alpha value is -3.88. The molecule has 3 unspecified atom stereocenters. The van der Waals surface area contributed by atoms with Gasteiger partial charge in [-0.25, -0.2) is 9.18 Å². The first kappa shape index (κ1) is 21.6. The number of likely N-dealkylation sites (tertiary alicyclic amines) is 1. The topological polar surface area (TPSA) is 91.7 Å². The van der Waals surface area contributed by atoms with Gasteiger partial charge in [-0.3, -0.25) is 4.79 Å². The normalized spacial score (nSPS) is 27.2. The highest BCUT2D eigenvalue weighted by atomic mass is 19.1. The number of Topliss-reactive ketones (excluding diaryl/α,β-unsaturated/α-hetero) is 1. The van der Waals surface area contributed by atoms with Gasteiger partial charge in [-0.15, -0.1) is 0 Å². The van der Waals surface area contributed by atoms with Gasteiger partial charge in [0.25, 0.3) is 0 Å². The number of likely N-dealkylation sites (N-methyl/N-ethyl adjacent to an activating group) is 1. The number of carbonyl (C=O) groups is 2. The van der Waals surface area contributed by atoms with Gasteiger partial charge in [-0.05, 0) is 54.0 Å². The molecule has 3 atom stereocenters. The fourth-order valence-corrected chi connectivity index (χ4v) is 5.77. The summed E-state index contributed by atoms with van der Waals surface area (Å²) in [7, 11) is 3.48. The maximum Gasteiger partial charge on any atom is 0.339 e. The first-order valence-electron chi connectivity index (χ1n) is 11.6. The number of benzene rings is 1. The Morgan fingerprint density at radius 1 is 1.26 bits per heavy atom. The molecule has 8 nitrogen and oxygen atoms in total. The van der Waals surface area contributed by atoms with Gasteiger partial charge in [0, 0.05) is 31.4 Å². The van der Waals surface area contributed by atoms with Gasteiger partial charge in [-0.2, -0.15) is 0 Å². The van der Waals surface area contributed by atoms with E-state index in [0.717, 1.165) is 22.6 Å². The number of allylic oxidation sites excluding steroid dienone is 4. The Labute approximate surface area is 201 Å². The molecular formula is C26H24FN3O5. The van der Waals surface area contributed by atoms with Crippen molar-refractivity contribution in [2.75, 3.05) is 33.8 Å². The fourth-order valence-electron chi connectivity index (χ4n) is 5.77. The number of hydrogen-bond donors (Lipinski definition) is 1. The summed E-state index contributed by atoms with van der Waals surface area (Å²) in [5.41, 5.74) is 4.10. The number of rotatable bonds is 4. The Bertz CT molecular complexity index is 1310. The summed E-state index contributed by atoms with van der Waals surface area (Å²) in [5.74, 6) is -2.54. The molecule has 1 N–H and O–H groups in total. The van der Waals surface area contributed by atoms with Crippen LogP contribution in [0, 0.1) is 11.8 Å². The molecule has 0 bridgehead atoms. The molecule has 35 heavy (non-hydrogen) atoms. The summed E-state index contributed by atoms with van der Waals surface area (Å²) in [5, 5.41) is 13.8. The summed E-state index contributed by atoms with van der Waals surface area (Å²) in [4.78, 5) is 34.3. The molecule has 180 valence electrons. The first-order valence-corrected chi connectivity index (χ1v) is 11.6. The second-order valence-electron chi connectivity index (χ2n) is 9.38. The number of fused-ring (bicyclic) bond motifs is 1. The second-order valence-corrected chi connectivity index (χ2v) is 9.38. The van der Waals surface area contributed by atoms with Crippen LogP contribution >= 0.6 is 0 Å². The standard InChI is InChI=1S/C26H24FN3O5/c1-29-8-7-15-22-16(25(31)17(26(32)33)10-20(22)29)9-19(27)24(15)30-11-18-21(12-30)35-28-23(18)13-3-5-14(34-2)6-4-13/h3-6,9-10,16,18,21H,7-8,11-12H2,1-2H3,(H,32,33). The first-order chi connectivity index (χ1) is 16.9. The van der Waals surface area contributed by atoms with Crippen LogP contribution in [-0.2, 0) is 14.4 Å². The van der Waals surface area contributed by atoms with Gasteiger partial charge < -0.3 is 24.5 Å². The lowest BCUT2D eigenvalue weighted by Gasteiger charge is -2.40. The number of carboxylic acids is 1. The van der Waals surface area contributed by atoms with E-state index < -0.39 is 23.5 Å². The van der Waals surface area contributed by atoms with Gasteiger partial charge in [0.05, 0.1) is 36.9 Å². The lowest BCUT2D eigenvalue weighted by molar-refractivity contribution is -0.135. The molecule has 0 saturated carbocycles. The quantitative estimate of drug-likeness (QED) is 0.667. The number of aliphatic carboxylic acids is 1. The smallest absolute Gasteiger partial charge is 0.339 e. The predicted molar refractivity (Wildman–Crippen MR) is 124 cm³/mol.